The number of anilines is 1. The lowest BCUT2D eigenvalue weighted by Gasteiger charge is -2.03. The average Bonchev–Trinajstić information content (AvgIpc) is 2.15. The number of nitrogens with zero attached hydrogens (tertiary/aromatic N) is 2. The van der Waals surface area contributed by atoms with Crippen molar-refractivity contribution < 1.29 is 13.6 Å². The monoisotopic (exact) mass is 202 g/mol. The molecule has 0 aliphatic heterocycles. The summed E-state index contributed by atoms with van der Waals surface area (Å²) in [5.74, 6) is -0.624. The van der Waals surface area contributed by atoms with Crippen LogP contribution in [0.2, 0.25) is 0 Å². The number of aromatic nitrogens is 2. The highest BCUT2D eigenvalue weighted by molar-refractivity contribution is 5.93. The van der Waals surface area contributed by atoms with E-state index in [2.05, 4.69) is 9.97 Å². The maximum atomic E-state index is 11.7. The standard InChI is InChI=1S/C7H8F2N4O/c8-5(9)3-11-6(14)4-1-12-7(10)13-2-4/h1-2,5H,3H2,(H,11,14)(H2,10,12,13). The molecule has 1 aromatic heterocycles. The molecule has 0 saturated heterocycles. The summed E-state index contributed by atoms with van der Waals surface area (Å²) in [6.07, 6.45) is -0.236. The van der Waals surface area contributed by atoms with E-state index in [4.69, 9.17) is 5.73 Å². The van der Waals surface area contributed by atoms with Gasteiger partial charge < -0.3 is 11.1 Å². The Hall–Kier alpha value is -1.79. The van der Waals surface area contributed by atoms with E-state index in [9.17, 15) is 13.6 Å². The van der Waals surface area contributed by atoms with Crippen LogP contribution in [0.3, 0.4) is 0 Å². The molecule has 0 spiro atoms. The first-order valence-electron chi connectivity index (χ1n) is 3.73. The normalized spacial score (nSPS) is 10.2. The van der Waals surface area contributed by atoms with E-state index < -0.39 is 18.9 Å². The van der Waals surface area contributed by atoms with Gasteiger partial charge in [0.1, 0.15) is 0 Å². The van der Waals surface area contributed by atoms with Crippen molar-refractivity contribution >= 4 is 11.9 Å². The van der Waals surface area contributed by atoms with E-state index in [-0.39, 0.29) is 11.5 Å². The first-order chi connectivity index (χ1) is 6.59. The Labute approximate surface area is 78.3 Å². The third-order valence-electron chi connectivity index (χ3n) is 1.35. The molecule has 0 aliphatic rings. The number of halogens is 2. The first-order valence-corrected chi connectivity index (χ1v) is 3.73. The van der Waals surface area contributed by atoms with Crippen LogP contribution < -0.4 is 11.1 Å². The lowest BCUT2D eigenvalue weighted by atomic mass is 10.3. The SMILES string of the molecule is Nc1ncc(C(=O)NCC(F)F)cn1. The fourth-order valence-electron chi connectivity index (χ4n) is 0.727. The second kappa shape index (κ2) is 4.45. The molecule has 1 aromatic rings. The van der Waals surface area contributed by atoms with Gasteiger partial charge in [-0.15, -0.1) is 0 Å². The smallest absolute Gasteiger partial charge is 0.255 e. The summed E-state index contributed by atoms with van der Waals surface area (Å²) in [6.45, 7) is -0.691. The third-order valence-corrected chi connectivity index (χ3v) is 1.35. The summed E-state index contributed by atoms with van der Waals surface area (Å²) in [5.41, 5.74) is 5.27. The molecule has 1 heterocycles. The quantitative estimate of drug-likeness (QED) is 0.725. The predicted molar refractivity (Wildman–Crippen MR) is 44.8 cm³/mol. The summed E-state index contributed by atoms with van der Waals surface area (Å²) in [6, 6.07) is 0. The van der Waals surface area contributed by atoms with Crippen molar-refractivity contribution in [3.63, 3.8) is 0 Å². The molecule has 0 aromatic carbocycles. The van der Waals surface area contributed by atoms with Crippen molar-refractivity contribution in [3.05, 3.63) is 18.0 Å². The third kappa shape index (κ3) is 2.92. The Bertz CT molecular complexity index is 314. The van der Waals surface area contributed by atoms with Gasteiger partial charge in [-0.1, -0.05) is 0 Å². The maximum absolute atomic E-state index is 11.7. The van der Waals surface area contributed by atoms with Crippen molar-refractivity contribution in [1.29, 1.82) is 0 Å². The molecule has 0 radical (unpaired) electrons. The number of hydrogen-bond acceptors (Lipinski definition) is 4. The molecule has 0 aliphatic carbocycles. The highest BCUT2D eigenvalue weighted by atomic mass is 19.3. The van der Waals surface area contributed by atoms with Crippen LogP contribution in [-0.2, 0) is 0 Å². The predicted octanol–water partition coefficient (Wildman–Crippen LogP) is 0.0537. The number of nitrogens with two attached hydrogens (primary N) is 1. The van der Waals surface area contributed by atoms with E-state index in [1.54, 1.807) is 0 Å². The van der Waals surface area contributed by atoms with Crippen LogP contribution in [0.5, 0.6) is 0 Å². The lowest BCUT2D eigenvalue weighted by Crippen LogP contribution is -2.28. The molecule has 76 valence electrons. The molecule has 7 heteroatoms. The minimum Gasteiger partial charge on any atom is -0.368 e. The molecular formula is C7H8F2N4O. The number of hydrogen-bond donors (Lipinski definition) is 2. The molecule has 0 fully saturated rings. The van der Waals surface area contributed by atoms with Crippen LogP contribution in [0.15, 0.2) is 12.4 Å². The van der Waals surface area contributed by atoms with Crippen molar-refractivity contribution in [2.24, 2.45) is 0 Å². The van der Waals surface area contributed by atoms with Crippen LogP contribution in [-0.4, -0.2) is 28.8 Å². The lowest BCUT2D eigenvalue weighted by molar-refractivity contribution is 0.0891. The van der Waals surface area contributed by atoms with Crippen molar-refractivity contribution in [2.45, 2.75) is 6.43 Å². The van der Waals surface area contributed by atoms with Gasteiger partial charge in [-0.25, -0.2) is 18.7 Å². The van der Waals surface area contributed by atoms with Gasteiger partial charge >= 0.3 is 0 Å². The second-order valence-corrected chi connectivity index (χ2v) is 2.43. The number of nitrogens with one attached hydrogen (secondary N) is 1. The highest BCUT2D eigenvalue weighted by Crippen LogP contribution is 1.97. The summed E-state index contributed by atoms with van der Waals surface area (Å²) in [5, 5.41) is 2.01. The number of carbonyl (C=O) groups is 1. The molecule has 0 atom stereocenters. The molecule has 0 bridgehead atoms. The van der Waals surface area contributed by atoms with Crippen LogP contribution in [0.25, 0.3) is 0 Å². The molecule has 14 heavy (non-hydrogen) atoms. The number of rotatable bonds is 3. The van der Waals surface area contributed by atoms with E-state index in [0.29, 0.717) is 0 Å². The Kier molecular flexibility index (Phi) is 3.27. The minimum atomic E-state index is -2.58. The average molecular weight is 202 g/mol. The van der Waals surface area contributed by atoms with Crippen molar-refractivity contribution in [2.75, 3.05) is 12.3 Å². The molecule has 0 unspecified atom stereocenters. The zero-order valence-corrected chi connectivity index (χ0v) is 7.08. The van der Waals surface area contributed by atoms with Gasteiger partial charge in [0.05, 0.1) is 12.1 Å². The van der Waals surface area contributed by atoms with Crippen molar-refractivity contribution in [3.8, 4) is 0 Å². The zero-order chi connectivity index (χ0) is 10.6. The Morgan fingerprint density at radius 2 is 2.07 bits per heavy atom. The van der Waals surface area contributed by atoms with E-state index >= 15 is 0 Å². The van der Waals surface area contributed by atoms with Crippen LogP contribution >= 0.6 is 0 Å². The van der Waals surface area contributed by atoms with Gasteiger partial charge in [-0.3, -0.25) is 4.79 Å². The minimum absolute atomic E-state index is 0.0235. The van der Waals surface area contributed by atoms with Gasteiger partial charge in [-0.05, 0) is 0 Å². The zero-order valence-electron chi connectivity index (χ0n) is 7.08. The van der Waals surface area contributed by atoms with Crippen LogP contribution in [0, 0.1) is 0 Å². The van der Waals surface area contributed by atoms with E-state index in [1.807, 2.05) is 5.32 Å². The van der Waals surface area contributed by atoms with E-state index in [1.165, 1.54) is 12.4 Å². The highest BCUT2D eigenvalue weighted by Gasteiger charge is 2.09. The molecule has 0 saturated carbocycles. The summed E-state index contributed by atoms with van der Waals surface area (Å²) in [4.78, 5) is 18.2. The summed E-state index contributed by atoms with van der Waals surface area (Å²) >= 11 is 0. The van der Waals surface area contributed by atoms with Crippen LogP contribution in [0.4, 0.5) is 14.7 Å². The van der Waals surface area contributed by atoms with Gasteiger partial charge in [0.25, 0.3) is 12.3 Å². The maximum Gasteiger partial charge on any atom is 0.255 e. The first kappa shape index (κ1) is 10.3. The second-order valence-electron chi connectivity index (χ2n) is 2.43. The summed E-state index contributed by atoms with van der Waals surface area (Å²) < 4.78 is 23.4. The Morgan fingerprint density at radius 3 is 2.57 bits per heavy atom. The molecular weight excluding hydrogens is 194 g/mol. The molecule has 1 amide bonds. The molecule has 5 nitrogen and oxygen atoms in total. The fraction of sp³-hybridized carbons (Fsp3) is 0.286. The van der Waals surface area contributed by atoms with E-state index in [0.717, 1.165) is 0 Å². The molecule has 1 rings (SSSR count). The number of alkyl halides is 2. The Balaban J connectivity index is 2.57. The largest absolute Gasteiger partial charge is 0.368 e. The van der Waals surface area contributed by atoms with Crippen LogP contribution in [0.1, 0.15) is 10.4 Å². The fourth-order valence-corrected chi connectivity index (χ4v) is 0.727. The number of carbonyl (C=O) groups excluding carboxylic acids is 1. The number of amides is 1. The van der Waals surface area contributed by atoms with Gasteiger partial charge in [-0.2, -0.15) is 0 Å². The van der Waals surface area contributed by atoms with Crippen molar-refractivity contribution in [1.82, 2.24) is 15.3 Å². The van der Waals surface area contributed by atoms with Gasteiger partial charge in [0.2, 0.25) is 5.95 Å². The van der Waals surface area contributed by atoms with Gasteiger partial charge in [0, 0.05) is 12.4 Å². The number of nitrogen functional groups attached to an aromatic ring is 1. The Morgan fingerprint density at radius 1 is 1.50 bits per heavy atom. The summed E-state index contributed by atoms with van der Waals surface area (Å²) in [7, 11) is 0. The van der Waals surface area contributed by atoms with Gasteiger partial charge in [0.15, 0.2) is 0 Å². The topological polar surface area (TPSA) is 80.9 Å². The molecule has 3 N–H and O–H groups in total.